The molecule has 0 bridgehead atoms. The highest BCUT2D eigenvalue weighted by atomic mass is 35.5. The predicted molar refractivity (Wildman–Crippen MR) is 110 cm³/mol. The summed E-state index contributed by atoms with van der Waals surface area (Å²) in [6, 6.07) is 18.2. The molecule has 2 atom stereocenters. The summed E-state index contributed by atoms with van der Waals surface area (Å²) in [5.74, 6) is 0.973. The van der Waals surface area contributed by atoms with Crippen LogP contribution in [0.15, 0.2) is 66.7 Å². The Morgan fingerprint density at radius 3 is 2.48 bits per heavy atom. The highest BCUT2D eigenvalue weighted by molar-refractivity contribution is 6.30. The van der Waals surface area contributed by atoms with Crippen LogP contribution in [0.5, 0.6) is 5.88 Å². The Morgan fingerprint density at radius 1 is 1.19 bits per heavy atom. The van der Waals surface area contributed by atoms with Crippen molar-refractivity contribution in [2.45, 2.75) is 38.7 Å². The Labute approximate surface area is 165 Å². The molecule has 0 amide bonds. The number of ether oxygens (including phenoxy) is 1. The standard InChI is InChI=1S/C23H23ClN2O/c1-15(2)23(4)14-20(17-10-12-18(24)13-11-17)21-16(3)25-26(22(21)27-23)19-8-6-5-7-9-19/h5-13,20H,1,14H2,2-4H3/t20-,23-/m1/s1. The largest absolute Gasteiger partial charge is 0.466 e. The third-order valence-corrected chi connectivity index (χ3v) is 5.75. The second-order valence-electron chi connectivity index (χ2n) is 7.47. The molecule has 27 heavy (non-hydrogen) atoms. The Hall–Kier alpha value is -2.52. The first-order chi connectivity index (χ1) is 12.9. The summed E-state index contributed by atoms with van der Waals surface area (Å²) in [4.78, 5) is 0. The van der Waals surface area contributed by atoms with Crippen LogP contribution < -0.4 is 4.74 Å². The van der Waals surface area contributed by atoms with Crippen LogP contribution in [0.25, 0.3) is 5.69 Å². The summed E-state index contributed by atoms with van der Waals surface area (Å²) in [6.45, 7) is 10.4. The summed E-state index contributed by atoms with van der Waals surface area (Å²) in [5, 5.41) is 5.56. The number of halogens is 1. The molecule has 1 aliphatic heterocycles. The van der Waals surface area contributed by atoms with Crippen molar-refractivity contribution >= 4 is 11.6 Å². The molecule has 0 radical (unpaired) electrons. The molecule has 0 fully saturated rings. The van der Waals surface area contributed by atoms with Crippen LogP contribution >= 0.6 is 11.6 Å². The maximum atomic E-state index is 6.54. The number of aromatic nitrogens is 2. The van der Waals surface area contributed by atoms with Crippen LogP contribution in [0.4, 0.5) is 0 Å². The molecule has 0 saturated heterocycles. The second kappa shape index (κ2) is 6.58. The van der Waals surface area contributed by atoms with E-state index in [0.29, 0.717) is 0 Å². The van der Waals surface area contributed by atoms with Gasteiger partial charge in [-0.1, -0.05) is 48.5 Å². The normalized spacial score (nSPS) is 21.4. The van der Waals surface area contributed by atoms with Crippen LogP contribution in [0.1, 0.15) is 43.0 Å². The number of aryl methyl sites for hydroxylation is 1. The molecule has 0 aliphatic carbocycles. The average Bonchev–Trinajstić information content (AvgIpc) is 2.98. The van der Waals surface area contributed by atoms with E-state index in [2.05, 4.69) is 25.6 Å². The van der Waals surface area contributed by atoms with Crippen LogP contribution in [0, 0.1) is 6.92 Å². The SMILES string of the molecule is C=C(C)[C@@]1(C)C[C@H](c2ccc(Cl)cc2)c2c(C)nn(-c3ccccc3)c2O1. The van der Waals surface area contributed by atoms with E-state index in [4.69, 9.17) is 21.4 Å². The van der Waals surface area contributed by atoms with Crippen molar-refractivity contribution in [3.63, 3.8) is 0 Å². The fraction of sp³-hybridized carbons (Fsp3) is 0.261. The molecule has 2 heterocycles. The molecular formula is C23H23ClN2O. The Bertz CT molecular complexity index is 991. The Balaban J connectivity index is 1.92. The summed E-state index contributed by atoms with van der Waals surface area (Å²) < 4.78 is 8.45. The lowest BCUT2D eigenvalue weighted by molar-refractivity contribution is 0.0856. The summed E-state index contributed by atoms with van der Waals surface area (Å²) in [5.41, 5.74) is 4.87. The van der Waals surface area contributed by atoms with Crippen molar-refractivity contribution in [3.05, 3.63) is 88.6 Å². The van der Waals surface area contributed by atoms with E-state index in [9.17, 15) is 0 Å². The molecular weight excluding hydrogens is 356 g/mol. The van der Waals surface area contributed by atoms with Gasteiger partial charge in [-0.25, -0.2) is 4.68 Å². The Morgan fingerprint density at radius 2 is 1.85 bits per heavy atom. The number of nitrogens with zero attached hydrogens (tertiary/aromatic N) is 2. The fourth-order valence-electron chi connectivity index (χ4n) is 3.75. The number of hydrogen-bond acceptors (Lipinski definition) is 2. The van der Waals surface area contributed by atoms with Gasteiger partial charge in [0.25, 0.3) is 0 Å². The van der Waals surface area contributed by atoms with Crippen LogP contribution in [0.2, 0.25) is 5.02 Å². The number of hydrogen-bond donors (Lipinski definition) is 0. The topological polar surface area (TPSA) is 27.1 Å². The molecule has 138 valence electrons. The zero-order valence-corrected chi connectivity index (χ0v) is 16.6. The quantitative estimate of drug-likeness (QED) is 0.516. The van der Waals surface area contributed by atoms with Gasteiger partial charge in [0.15, 0.2) is 0 Å². The predicted octanol–water partition coefficient (Wildman–Crippen LogP) is 6.08. The van der Waals surface area contributed by atoms with E-state index in [1.54, 1.807) is 0 Å². The molecule has 4 heteroatoms. The van der Waals surface area contributed by atoms with E-state index in [1.165, 1.54) is 5.56 Å². The van der Waals surface area contributed by atoms with Crippen LogP contribution in [-0.2, 0) is 0 Å². The number of benzene rings is 2. The number of para-hydroxylation sites is 1. The highest BCUT2D eigenvalue weighted by Gasteiger charge is 2.42. The first-order valence-electron chi connectivity index (χ1n) is 9.14. The first kappa shape index (κ1) is 17.9. The van der Waals surface area contributed by atoms with Crippen molar-refractivity contribution in [1.82, 2.24) is 9.78 Å². The zero-order valence-electron chi connectivity index (χ0n) is 15.9. The van der Waals surface area contributed by atoms with Gasteiger partial charge in [-0.15, -0.1) is 0 Å². The summed E-state index contributed by atoms with van der Waals surface area (Å²) >= 11 is 6.12. The minimum atomic E-state index is -0.462. The summed E-state index contributed by atoms with van der Waals surface area (Å²) in [6.07, 6.45) is 0.818. The van der Waals surface area contributed by atoms with E-state index in [-0.39, 0.29) is 5.92 Å². The highest BCUT2D eigenvalue weighted by Crippen LogP contribution is 2.48. The fourth-order valence-corrected chi connectivity index (χ4v) is 3.88. The molecule has 2 aromatic carbocycles. The first-order valence-corrected chi connectivity index (χ1v) is 9.52. The third kappa shape index (κ3) is 3.06. The lowest BCUT2D eigenvalue weighted by Crippen LogP contribution is -2.39. The minimum Gasteiger partial charge on any atom is -0.466 e. The molecule has 0 saturated carbocycles. The minimum absolute atomic E-state index is 0.171. The van der Waals surface area contributed by atoms with Gasteiger partial charge < -0.3 is 4.74 Å². The monoisotopic (exact) mass is 378 g/mol. The van der Waals surface area contributed by atoms with Crippen molar-refractivity contribution in [2.75, 3.05) is 0 Å². The van der Waals surface area contributed by atoms with Crippen molar-refractivity contribution in [2.24, 2.45) is 0 Å². The van der Waals surface area contributed by atoms with Gasteiger partial charge in [0.1, 0.15) is 5.60 Å². The number of rotatable bonds is 3. The molecule has 3 nitrogen and oxygen atoms in total. The van der Waals surface area contributed by atoms with Crippen LogP contribution in [0.3, 0.4) is 0 Å². The zero-order chi connectivity index (χ0) is 19.2. The van der Waals surface area contributed by atoms with E-state index < -0.39 is 5.60 Å². The van der Waals surface area contributed by atoms with E-state index >= 15 is 0 Å². The summed E-state index contributed by atoms with van der Waals surface area (Å²) in [7, 11) is 0. The van der Waals surface area contributed by atoms with Gasteiger partial charge in [0.2, 0.25) is 5.88 Å². The van der Waals surface area contributed by atoms with Crippen LogP contribution in [-0.4, -0.2) is 15.4 Å². The molecule has 4 rings (SSSR count). The molecule has 0 spiro atoms. The van der Waals surface area contributed by atoms with E-state index in [1.807, 2.05) is 61.0 Å². The maximum absolute atomic E-state index is 6.54. The second-order valence-corrected chi connectivity index (χ2v) is 7.91. The molecule has 1 aromatic heterocycles. The van der Waals surface area contributed by atoms with Gasteiger partial charge in [-0.3, -0.25) is 0 Å². The average molecular weight is 379 g/mol. The van der Waals surface area contributed by atoms with Gasteiger partial charge >= 0.3 is 0 Å². The molecule has 3 aromatic rings. The van der Waals surface area contributed by atoms with E-state index in [0.717, 1.165) is 39.8 Å². The van der Waals surface area contributed by atoms with Gasteiger partial charge in [-0.05, 0) is 56.2 Å². The molecule has 0 unspecified atom stereocenters. The van der Waals surface area contributed by atoms with Gasteiger partial charge in [0.05, 0.1) is 11.4 Å². The number of fused-ring (bicyclic) bond motifs is 1. The maximum Gasteiger partial charge on any atom is 0.221 e. The lowest BCUT2D eigenvalue weighted by atomic mass is 9.77. The smallest absolute Gasteiger partial charge is 0.221 e. The van der Waals surface area contributed by atoms with Crippen molar-refractivity contribution in [1.29, 1.82) is 0 Å². The lowest BCUT2D eigenvalue weighted by Gasteiger charge is -2.39. The molecule has 1 aliphatic rings. The Kier molecular flexibility index (Phi) is 4.35. The third-order valence-electron chi connectivity index (χ3n) is 5.50. The van der Waals surface area contributed by atoms with Crippen molar-refractivity contribution < 1.29 is 4.74 Å². The molecule has 0 N–H and O–H groups in total. The van der Waals surface area contributed by atoms with Gasteiger partial charge in [0, 0.05) is 22.9 Å². The van der Waals surface area contributed by atoms with Gasteiger partial charge in [-0.2, -0.15) is 5.10 Å². The van der Waals surface area contributed by atoms with Crippen molar-refractivity contribution in [3.8, 4) is 11.6 Å².